The van der Waals surface area contributed by atoms with Gasteiger partial charge in [0.25, 0.3) is 11.7 Å². The first kappa shape index (κ1) is 23.6. The topological polar surface area (TPSA) is 104 Å². The van der Waals surface area contributed by atoms with Gasteiger partial charge in [-0.25, -0.2) is 12.7 Å². The number of likely N-dealkylation sites (tertiary alicyclic amines) is 1. The van der Waals surface area contributed by atoms with E-state index in [2.05, 4.69) is 0 Å². The van der Waals surface area contributed by atoms with E-state index in [4.69, 9.17) is 4.74 Å². The van der Waals surface area contributed by atoms with Gasteiger partial charge in [-0.3, -0.25) is 9.59 Å². The van der Waals surface area contributed by atoms with E-state index in [-0.39, 0.29) is 34.9 Å². The van der Waals surface area contributed by atoms with E-state index in [1.54, 1.807) is 0 Å². The Balaban J connectivity index is 2.11. The van der Waals surface area contributed by atoms with Gasteiger partial charge in [0.1, 0.15) is 5.76 Å². The first-order valence-electron chi connectivity index (χ1n) is 9.96. The van der Waals surface area contributed by atoms with Crippen molar-refractivity contribution in [3.05, 3.63) is 70.8 Å². The lowest BCUT2D eigenvalue weighted by atomic mass is 9.95. The van der Waals surface area contributed by atoms with Gasteiger partial charge in [0, 0.05) is 33.3 Å². The Labute approximate surface area is 187 Å². The molecule has 32 heavy (non-hydrogen) atoms. The lowest BCUT2D eigenvalue weighted by molar-refractivity contribution is -0.140. The Hall–Kier alpha value is -3.01. The lowest BCUT2D eigenvalue weighted by Crippen LogP contribution is -2.32. The second-order valence-electron chi connectivity index (χ2n) is 7.71. The van der Waals surface area contributed by atoms with Gasteiger partial charge in [-0.05, 0) is 36.8 Å². The summed E-state index contributed by atoms with van der Waals surface area (Å²) in [5.41, 5.74) is 1.89. The van der Waals surface area contributed by atoms with Crippen LogP contribution < -0.4 is 0 Å². The summed E-state index contributed by atoms with van der Waals surface area (Å²) in [5, 5.41) is 11.0. The third kappa shape index (κ3) is 4.32. The molecule has 0 radical (unpaired) electrons. The molecule has 1 N–H and O–H groups in total. The molecule has 1 amide bonds. The summed E-state index contributed by atoms with van der Waals surface area (Å²) in [7, 11) is 0.704. The van der Waals surface area contributed by atoms with E-state index in [0.717, 1.165) is 9.87 Å². The highest BCUT2D eigenvalue weighted by Crippen LogP contribution is 2.39. The molecule has 1 heterocycles. The third-order valence-electron chi connectivity index (χ3n) is 5.38. The number of aryl methyl sites for hydroxylation is 1. The van der Waals surface area contributed by atoms with Crippen LogP contribution in [0, 0.1) is 6.92 Å². The molecule has 1 atom stereocenters. The molecule has 0 aromatic heterocycles. The summed E-state index contributed by atoms with van der Waals surface area (Å²) in [4.78, 5) is 27.1. The number of methoxy groups -OCH3 is 1. The molecule has 1 fully saturated rings. The highest BCUT2D eigenvalue weighted by Gasteiger charge is 2.45. The van der Waals surface area contributed by atoms with Crippen LogP contribution in [0.1, 0.15) is 22.7 Å². The van der Waals surface area contributed by atoms with Crippen molar-refractivity contribution >= 4 is 27.5 Å². The zero-order valence-corrected chi connectivity index (χ0v) is 19.2. The van der Waals surface area contributed by atoms with Gasteiger partial charge < -0.3 is 14.7 Å². The summed E-state index contributed by atoms with van der Waals surface area (Å²) < 4.78 is 30.8. The normalized spacial score (nSPS) is 18.5. The molecule has 0 unspecified atom stereocenters. The Morgan fingerprint density at radius 2 is 1.66 bits per heavy atom. The SMILES string of the molecule is COCCN1C(=O)C(=O)/C(=C(/O)c2ccc(S(=O)(=O)N(C)C)cc2)[C@H]1c1ccc(C)cc1. The van der Waals surface area contributed by atoms with Crippen LogP contribution in [0.2, 0.25) is 0 Å². The Morgan fingerprint density at radius 1 is 1.06 bits per heavy atom. The summed E-state index contributed by atoms with van der Waals surface area (Å²) >= 11 is 0. The number of amides is 1. The predicted octanol–water partition coefficient (Wildman–Crippen LogP) is 2.31. The van der Waals surface area contributed by atoms with Crippen LogP contribution in [0.3, 0.4) is 0 Å². The zero-order chi connectivity index (χ0) is 23.6. The maximum Gasteiger partial charge on any atom is 0.295 e. The molecule has 8 nitrogen and oxygen atoms in total. The molecule has 2 aromatic rings. The van der Waals surface area contributed by atoms with Gasteiger partial charge in [-0.15, -0.1) is 0 Å². The minimum absolute atomic E-state index is 0.0434. The van der Waals surface area contributed by atoms with Crippen LogP contribution in [-0.2, 0) is 24.3 Å². The molecular weight excluding hydrogens is 432 g/mol. The van der Waals surface area contributed by atoms with Gasteiger partial charge in [0.2, 0.25) is 10.0 Å². The minimum Gasteiger partial charge on any atom is -0.507 e. The van der Waals surface area contributed by atoms with Crippen molar-refractivity contribution < 1.29 is 27.9 Å². The maximum atomic E-state index is 12.9. The zero-order valence-electron chi connectivity index (χ0n) is 18.4. The molecule has 170 valence electrons. The molecule has 1 aliphatic rings. The molecular formula is C23H26N2O6S. The molecule has 3 rings (SSSR count). The fourth-order valence-corrected chi connectivity index (χ4v) is 4.45. The maximum absolute atomic E-state index is 12.9. The fourth-order valence-electron chi connectivity index (χ4n) is 3.55. The Kier molecular flexibility index (Phi) is 6.82. The molecule has 2 aromatic carbocycles. The van der Waals surface area contributed by atoms with Crippen molar-refractivity contribution in [1.29, 1.82) is 0 Å². The van der Waals surface area contributed by atoms with Crippen LogP contribution >= 0.6 is 0 Å². The standard InChI is InChI=1S/C23H26N2O6S/c1-15-5-7-16(8-6-15)20-19(22(27)23(28)25(20)13-14-31-4)21(26)17-9-11-18(12-10-17)32(29,30)24(2)3/h5-12,20,26H,13-14H2,1-4H3/b21-19+/t20-/m1/s1. The van der Waals surface area contributed by atoms with Crippen molar-refractivity contribution in [2.24, 2.45) is 0 Å². The van der Waals surface area contributed by atoms with Crippen molar-refractivity contribution in [2.45, 2.75) is 17.9 Å². The molecule has 0 aliphatic carbocycles. The molecule has 1 aliphatic heterocycles. The number of Topliss-reactive ketones (excluding diaryl/α,β-unsaturated/α-hetero) is 1. The van der Waals surface area contributed by atoms with Crippen LogP contribution in [0.25, 0.3) is 5.76 Å². The number of carbonyl (C=O) groups is 2. The number of aliphatic hydroxyl groups is 1. The summed E-state index contributed by atoms with van der Waals surface area (Å²) in [6.07, 6.45) is 0. The number of ether oxygens (including phenoxy) is 1. The van der Waals surface area contributed by atoms with E-state index in [1.165, 1.54) is 50.4 Å². The van der Waals surface area contributed by atoms with Gasteiger partial charge in [-0.2, -0.15) is 0 Å². The highest BCUT2D eigenvalue weighted by atomic mass is 32.2. The van der Waals surface area contributed by atoms with Crippen LogP contribution in [-0.4, -0.2) is 68.8 Å². The number of carbonyl (C=O) groups excluding carboxylic acids is 2. The van der Waals surface area contributed by atoms with Crippen LogP contribution in [0.4, 0.5) is 0 Å². The smallest absolute Gasteiger partial charge is 0.295 e. The minimum atomic E-state index is -3.64. The van der Waals surface area contributed by atoms with Gasteiger partial charge >= 0.3 is 0 Å². The number of nitrogens with zero attached hydrogens (tertiary/aromatic N) is 2. The average molecular weight is 459 g/mol. The predicted molar refractivity (Wildman–Crippen MR) is 119 cm³/mol. The van der Waals surface area contributed by atoms with Crippen molar-refractivity contribution in [2.75, 3.05) is 34.4 Å². The number of aliphatic hydroxyl groups excluding tert-OH is 1. The van der Waals surface area contributed by atoms with E-state index < -0.39 is 27.8 Å². The molecule has 0 bridgehead atoms. The number of benzene rings is 2. The largest absolute Gasteiger partial charge is 0.507 e. The number of hydrogen-bond acceptors (Lipinski definition) is 6. The van der Waals surface area contributed by atoms with E-state index in [1.807, 2.05) is 31.2 Å². The van der Waals surface area contributed by atoms with Crippen LogP contribution in [0.15, 0.2) is 59.0 Å². The van der Waals surface area contributed by atoms with E-state index in [0.29, 0.717) is 5.56 Å². The second kappa shape index (κ2) is 9.23. The molecule has 0 spiro atoms. The fraction of sp³-hybridized carbons (Fsp3) is 0.304. The van der Waals surface area contributed by atoms with Crippen molar-refractivity contribution in [1.82, 2.24) is 9.21 Å². The van der Waals surface area contributed by atoms with Crippen molar-refractivity contribution in [3.63, 3.8) is 0 Å². The second-order valence-corrected chi connectivity index (χ2v) is 9.86. The molecule has 0 saturated carbocycles. The highest BCUT2D eigenvalue weighted by molar-refractivity contribution is 7.89. The third-order valence-corrected chi connectivity index (χ3v) is 7.21. The summed E-state index contributed by atoms with van der Waals surface area (Å²) in [6.45, 7) is 2.33. The van der Waals surface area contributed by atoms with Gasteiger partial charge in [0.15, 0.2) is 0 Å². The number of rotatable bonds is 7. The molecule has 1 saturated heterocycles. The number of sulfonamides is 1. The number of ketones is 1. The lowest BCUT2D eigenvalue weighted by Gasteiger charge is -2.25. The summed E-state index contributed by atoms with van der Waals surface area (Å²) in [5.74, 6) is -1.88. The Morgan fingerprint density at radius 3 is 2.19 bits per heavy atom. The number of hydrogen-bond donors (Lipinski definition) is 1. The first-order valence-corrected chi connectivity index (χ1v) is 11.4. The average Bonchev–Trinajstić information content (AvgIpc) is 3.02. The first-order chi connectivity index (χ1) is 15.1. The Bertz CT molecular complexity index is 1150. The van der Waals surface area contributed by atoms with E-state index in [9.17, 15) is 23.1 Å². The monoisotopic (exact) mass is 458 g/mol. The summed E-state index contributed by atoms with van der Waals surface area (Å²) in [6, 6.07) is 12.1. The van der Waals surface area contributed by atoms with E-state index >= 15 is 0 Å². The van der Waals surface area contributed by atoms with Gasteiger partial charge in [-0.1, -0.05) is 29.8 Å². The quantitative estimate of drug-likeness (QED) is 0.388. The van der Waals surface area contributed by atoms with Crippen LogP contribution in [0.5, 0.6) is 0 Å². The van der Waals surface area contributed by atoms with Gasteiger partial charge in [0.05, 0.1) is 23.1 Å². The van der Waals surface area contributed by atoms with Crippen molar-refractivity contribution in [3.8, 4) is 0 Å². The molecule has 9 heteroatoms.